The number of rotatable bonds is 5. The van der Waals surface area contributed by atoms with Gasteiger partial charge in [-0.2, -0.15) is 0 Å². The first kappa shape index (κ1) is 21.2. The van der Waals surface area contributed by atoms with Gasteiger partial charge in [-0.25, -0.2) is 0 Å². The molecule has 138 valence electrons. The highest BCUT2D eigenvalue weighted by Gasteiger charge is 2.52. The first-order valence-corrected chi connectivity index (χ1v) is 12.4. The van der Waals surface area contributed by atoms with Gasteiger partial charge in [0.2, 0.25) is 0 Å². The number of ether oxygens (including phenoxy) is 1. The molecule has 1 aliphatic rings. The van der Waals surface area contributed by atoms with E-state index in [-0.39, 0.29) is 11.1 Å². The number of hydrogen-bond donors (Lipinski definition) is 1. The van der Waals surface area contributed by atoms with Crippen LogP contribution in [-0.4, -0.2) is 26.0 Å². The molecule has 0 radical (unpaired) electrons. The summed E-state index contributed by atoms with van der Waals surface area (Å²) >= 11 is 0. The van der Waals surface area contributed by atoms with Crippen LogP contribution in [0, 0.1) is 23.7 Å². The molecule has 0 spiro atoms. The van der Waals surface area contributed by atoms with Crippen molar-refractivity contribution in [3.05, 3.63) is 0 Å². The lowest BCUT2D eigenvalue weighted by Crippen LogP contribution is -2.61. The van der Waals surface area contributed by atoms with E-state index in [0.29, 0.717) is 0 Å². The minimum Gasteiger partial charge on any atom is -0.376 e. The van der Waals surface area contributed by atoms with Crippen molar-refractivity contribution in [2.45, 2.75) is 98.5 Å². The molecule has 0 aliphatic heterocycles. The monoisotopic (exact) mass is 341 g/mol. The van der Waals surface area contributed by atoms with E-state index in [0.717, 1.165) is 35.8 Å². The molecular weight excluding hydrogens is 298 g/mol. The summed E-state index contributed by atoms with van der Waals surface area (Å²) in [7, 11) is -1.64. The second-order valence-electron chi connectivity index (χ2n) is 10.5. The van der Waals surface area contributed by atoms with Gasteiger partial charge in [0.15, 0.2) is 0 Å². The lowest BCUT2D eigenvalue weighted by Gasteiger charge is -2.44. The van der Waals surface area contributed by atoms with Gasteiger partial charge in [-0.3, -0.25) is 0 Å². The van der Waals surface area contributed by atoms with E-state index in [1.165, 1.54) is 6.04 Å². The highest BCUT2D eigenvalue weighted by atomic mass is 28.3. The van der Waals surface area contributed by atoms with Crippen LogP contribution in [0.25, 0.3) is 0 Å². The summed E-state index contributed by atoms with van der Waals surface area (Å²) in [5.41, 5.74) is 0.970. The summed E-state index contributed by atoms with van der Waals surface area (Å²) in [5.74, 6) is 3.27. The minimum atomic E-state index is -1.64. The number of nitrogens with one attached hydrogen (secondary N) is 1. The van der Waals surface area contributed by atoms with Gasteiger partial charge in [0, 0.05) is 12.1 Å². The average Bonchev–Trinajstić information content (AvgIpc) is 2.50. The molecule has 1 N–H and O–H groups in total. The predicted octanol–water partition coefficient (Wildman–Crippen LogP) is 5.69. The Kier molecular flexibility index (Phi) is 6.60. The molecular formula is C20H43NOSi. The van der Waals surface area contributed by atoms with E-state index in [2.05, 4.69) is 80.8 Å². The smallest absolute Gasteiger partial charge is 0.128 e. The first-order valence-electron chi connectivity index (χ1n) is 9.61. The van der Waals surface area contributed by atoms with Crippen molar-refractivity contribution in [1.29, 1.82) is 0 Å². The molecule has 5 atom stereocenters. The van der Waals surface area contributed by atoms with Crippen LogP contribution in [0.5, 0.6) is 0 Å². The van der Waals surface area contributed by atoms with Crippen molar-refractivity contribution in [2.24, 2.45) is 23.7 Å². The van der Waals surface area contributed by atoms with Crippen LogP contribution in [0.2, 0.25) is 18.1 Å². The SMILES string of the molecule is CC1C(C)C(C)C([Si](C)(CCOC(C)(C)C)NC(C)(C)C)C1C. The van der Waals surface area contributed by atoms with Gasteiger partial charge in [0.05, 0.1) is 5.60 Å². The van der Waals surface area contributed by atoms with Crippen LogP contribution in [0.1, 0.15) is 69.2 Å². The van der Waals surface area contributed by atoms with Gasteiger partial charge in [0.1, 0.15) is 8.24 Å². The quantitative estimate of drug-likeness (QED) is 0.648. The van der Waals surface area contributed by atoms with Crippen molar-refractivity contribution in [3.63, 3.8) is 0 Å². The third-order valence-electron chi connectivity index (χ3n) is 6.17. The molecule has 1 rings (SSSR count). The van der Waals surface area contributed by atoms with E-state index in [4.69, 9.17) is 4.74 Å². The molecule has 0 heterocycles. The molecule has 2 nitrogen and oxygen atoms in total. The van der Waals surface area contributed by atoms with Gasteiger partial charge in [-0.05, 0) is 76.8 Å². The molecule has 0 aromatic heterocycles. The third kappa shape index (κ3) is 5.57. The fourth-order valence-electron chi connectivity index (χ4n) is 4.99. The molecule has 0 aromatic carbocycles. The summed E-state index contributed by atoms with van der Waals surface area (Å²) in [4.78, 5) is 4.12. The molecule has 1 saturated carbocycles. The fraction of sp³-hybridized carbons (Fsp3) is 1.00. The van der Waals surface area contributed by atoms with E-state index in [1.54, 1.807) is 0 Å². The molecule has 5 unspecified atom stereocenters. The Balaban J connectivity index is 2.99. The zero-order chi connectivity index (χ0) is 18.2. The number of hydrogen-bond acceptors (Lipinski definition) is 2. The van der Waals surface area contributed by atoms with Crippen molar-refractivity contribution < 1.29 is 4.74 Å². The van der Waals surface area contributed by atoms with E-state index in [9.17, 15) is 0 Å². The Labute approximate surface area is 147 Å². The summed E-state index contributed by atoms with van der Waals surface area (Å²) in [6.45, 7) is 26.8. The Morgan fingerprint density at radius 3 is 1.61 bits per heavy atom. The Morgan fingerprint density at radius 1 is 0.826 bits per heavy atom. The highest BCUT2D eigenvalue weighted by molar-refractivity contribution is 6.78. The van der Waals surface area contributed by atoms with Crippen LogP contribution in [0.15, 0.2) is 0 Å². The largest absolute Gasteiger partial charge is 0.376 e. The Hall–Kier alpha value is 0.137. The van der Waals surface area contributed by atoms with Gasteiger partial charge in [-0.15, -0.1) is 0 Å². The summed E-state index contributed by atoms with van der Waals surface area (Å²) in [6.07, 6.45) is 0. The van der Waals surface area contributed by atoms with Crippen LogP contribution in [0.4, 0.5) is 0 Å². The van der Waals surface area contributed by atoms with Crippen LogP contribution in [0.3, 0.4) is 0 Å². The molecule has 0 bridgehead atoms. The molecule has 1 fully saturated rings. The molecule has 3 heteroatoms. The summed E-state index contributed by atoms with van der Waals surface area (Å²) in [6, 6.07) is 1.21. The maximum absolute atomic E-state index is 6.12. The zero-order valence-electron chi connectivity index (χ0n) is 17.7. The summed E-state index contributed by atoms with van der Waals surface area (Å²) < 4.78 is 6.12. The zero-order valence-corrected chi connectivity index (χ0v) is 18.7. The van der Waals surface area contributed by atoms with E-state index < -0.39 is 8.24 Å². The lowest BCUT2D eigenvalue weighted by atomic mass is 9.92. The van der Waals surface area contributed by atoms with Crippen molar-refractivity contribution in [2.75, 3.05) is 6.61 Å². The van der Waals surface area contributed by atoms with E-state index in [1.807, 2.05) is 0 Å². The maximum Gasteiger partial charge on any atom is 0.128 e. The van der Waals surface area contributed by atoms with Gasteiger partial charge in [-0.1, -0.05) is 34.2 Å². The fourth-order valence-corrected chi connectivity index (χ4v) is 10.8. The molecule has 0 aromatic rings. The molecule has 0 amide bonds. The molecule has 0 saturated heterocycles. The normalized spacial score (nSPS) is 35.3. The third-order valence-corrected chi connectivity index (χ3v) is 11.3. The first-order chi connectivity index (χ1) is 10.2. The standard InChI is InChI=1S/C20H43NOSi/c1-14-15(2)17(4)18(16(14)3)23(11,21-19(5,6)7)13-12-22-20(8,9)10/h14-18,21H,12-13H2,1-11H3. The van der Waals surface area contributed by atoms with E-state index >= 15 is 0 Å². The molecule has 1 aliphatic carbocycles. The van der Waals surface area contributed by atoms with Crippen LogP contribution >= 0.6 is 0 Å². The topological polar surface area (TPSA) is 21.3 Å². The van der Waals surface area contributed by atoms with Gasteiger partial charge in [0.25, 0.3) is 0 Å². The lowest BCUT2D eigenvalue weighted by molar-refractivity contribution is 0.00443. The average molecular weight is 342 g/mol. The van der Waals surface area contributed by atoms with Gasteiger partial charge >= 0.3 is 0 Å². The summed E-state index contributed by atoms with van der Waals surface area (Å²) in [5, 5.41) is 0. The second kappa shape index (κ2) is 7.17. The van der Waals surface area contributed by atoms with Gasteiger partial charge < -0.3 is 9.72 Å². The maximum atomic E-state index is 6.12. The second-order valence-corrected chi connectivity index (χ2v) is 14.7. The Bertz CT molecular complexity index is 370. The van der Waals surface area contributed by atoms with Crippen molar-refractivity contribution >= 4 is 8.24 Å². The van der Waals surface area contributed by atoms with Crippen LogP contribution in [-0.2, 0) is 4.74 Å². The predicted molar refractivity (Wildman–Crippen MR) is 105 cm³/mol. The minimum absolute atomic E-state index is 0.0372. The Morgan fingerprint density at radius 2 is 1.26 bits per heavy atom. The van der Waals surface area contributed by atoms with Crippen molar-refractivity contribution in [1.82, 2.24) is 4.98 Å². The molecule has 23 heavy (non-hydrogen) atoms. The highest BCUT2D eigenvalue weighted by Crippen LogP contribution is 2.54. The van der Waals surface area contributed by atoms with Crippen molar-refractivity contribution in [3.8, 4) is 0 Å². The van der Waals surface area contributed by atoms with Crippen LogP contribution < -0.4 is 4.98 Å².